The number of anilines is 1. The predicted octanol–water partition coefficient (Wildman–Crippen LogP) is 2.82. The van der Waals surface area contributed by atoms with Gasteiger partial charge in [0.25, 0.3) is 0 Å². The van der Waals surface area contributed by atoms with Crippen molar-refractivity contribution in [2.24, 2.45) is 5.73 Å². The molecule has 0 aromatic heterocycles. The second-order valence-corrected chi connectivity index (χ2v) is 5.35. The van der Waals surface area contributed by atoms with E-state index in [2.05, 4.69) is 39.1 Å². The Morgan fingerprint density at radius 2 is 1.62 bits per heavy atom. The van der Waals surface area contributed by atoms with Crippen LogP contribution in [-0.4, -0.2) is 12.1 Å². The minimum Gasteiger partial charge on any atom is -0.383 e. The molecule has 3 N–H and O–H groups in total. The van der Waals surface area contributed by atoms with Gasteiger partial charge in [-0.2, -0.15) is 0 Å². The molecule has 1 aliphatic rings. The van der Waals surface area contributed by atoms with Crippen LogP contribution in [0.3, 0.4) is 0 Å². The highest BCUT2D eigenvalue weighted by molar-refractivity contribution is 5.62. The lowest BCUT2D eigenvalue weighted by atomic mass is 9.98. The van der Waals surface area contributed by atoms with Gasteiger partial charge in [0.15, 0.2) is 0 Å². The fourth-order valence-electron chi connectivity index (χ4n) is 2.08. The maximum atomic E-state index is 6.11. The van der Waals surface area contributed by atoms with Crippen LogP contribution < -0.4 is 11.1 Å². The maximum absolute atomic E-state index is 6.11. The number of benzene rings is 1. The molecule has 1 aromatic carbocycles. The van der Waals surface area contributed by atoms with Crippen LogP contribution in [0.4, 0.5) is 5.69 Å². The highest BCUT2D eigenvalue weighted by Gasteiger charge is 2.37. The Balaban J connectivity index is 2.24. The summed E-state index contributed by atoms with van der Waals surface area (Å²) in [5, 5.41) is 3.54. The molecule has 0 aliphatic heterocycles. The monoisotopic (exact) mass is 218 g/mol. The van der Waals surface area contributed by atoms with Crippen LogP contribution in [0.2, 0.25) is 0 Å². The average molecular weight is 218 g/mol. The number of nitrogens with one attached hydrogen (secondary N) is 1. The Kier molecular flexibility index (Phi) is 2.70. The molecular formula is C14H22N2. The van der Waals surface area contributed by atoms with Gasteiger partial charge in [0.2, 0.25) is 0 Å². The lowest BCUT2D eigenvalue weighted by Gasteiger charge is -2.19. The Labute approximate surface area is 98.2 Å². The summed E-state index contributed by atoms with van der Waals surface area (Å²) in [6, 6.07) is 2.26. The molecule has 2 heteroatoms. The zero-order valence-corrected chi connectivity index (χ0v) is 10.8. The normalized spacial score (nSPS) is 17.3. The molecular weight excluding hydrogens is 196 g/mol. The first-order valence-corrected chi connectivity index (χ1v) is 6.03. The summed E-state index contributed by atoms with van der Waals surface area (Å²) in [6.07, 6.45) is 2.31. The van der Waals surface area contributed by atoms with E-state index in [9.17, 15) is 0 Å². The molecule has 0 amide bonds. The van der Waals surface area contributed by atoms with Crippen LogP contribution in [0.1, 0.15) is 35.1 Å². The minimum absolute atomic E-state index is 0.0660. The van der Waals surface area contributed by atoms with Crippen LogP contribution in [0.25, 0.3) is 0 Å². The van der Waals surface area contributed by atoms with E-state index in [0.29, 0.717) is 0 Å². The predicted molar refractivity (Wildman–Crippen MR) is 70.0 cm³/mol. The van der Waals surface area contributed by atoms with Gasteiger partial charge in [-0.1, -0.05) is 6.07 Å². The summed E-state index contributed by atoms with van der Waals surface area (Å²) in [5.41, 5.74) is 12.9. The molecule has 0 saturated heterocycles. The van der Waals surface area contributed by atoms with E-state index >= 15 is 0 Å². The molecule has 2 nitrogen and oxygen atoms in total. The Morgan fingerprint density at radius 3 is 2.06 bits per heavy atom. The van der Waals surface area contributed by atoms with E-state index in [-0.39, 0.29) is 5.54 Å². The van der Waals surface area contributed by atoms with E-state index in [1.165, 1.54) is 27.9 Å². The van der Waals surface area contributed by atoms with Gasteiger partial charge < -0.3 is 11.1 Å². The molecule has 16 heavy (non-hydrogen) atoms. The van der Waals surface area contributed by atoms with E-state index in [1.807, 2.05) is 0 Å². The van der Waals surface area contributed by atoms with Gasteiger partial charge in [-0.05, 0) is 62.8 Å². The third kappa shape index (κ3) is 2.07. The summed E-state index contributed by atoms with van der Waals surface area (Å²) in [4.78, 5) is 0. The van der Waals surface area contributed by atoms with Gasteiger partial charge in [-0.3, -0.25) is 0 Å². The molecule has 0 spiro atoms. The summed E-state index contributed by atoms with van der Waals surface area (Å²) >= 11 is 0. The zero-order chi connectivity index (χ0) is 11.9. The fourth-order valence-corrected chi connectivity index (χ4v) is 2.08. The molecule has 2 rings (SSSR count). The summed E-state index contributed by atoms with van der Waals surface area (Å²) in [5.74, 6) is 0. The third-order valence-electron chi connectivity index (χ3n) is 3.88. The minimum atomic E-state index is 0.0660. The van der Waals surface area contributed by atoms with Crippen LogP contribution in [0.5, 0.6) is 0 Å². The summed E-state index contributed by atoms with van der Waals surface area (Å²) in [6.45, 7) is 9.60. The average Bonchev–Trinajstić information content (AvgIpc) is 2.94. The number of aryl methyl sites for hydroxylation is 2. The van der Waals surface area contributed by atoms with Crippen molar-refractivity contribution < 1.29 is 0 Å². The number of rotatable bonds is 3. The van der Waals surface area contributed by atoms with Gasteiger partial charge in [-0.25, -0.2) is 0 Å². The summed E-state index contributed by atoms with van der Waals surface area (Å²) < 4.78 is 0. The molecule has 0 radical (unpaired) electrons. The maximum Gasteiger partial charge on any atom is 0.0405 e. The zero-order valence-electron chi connectivity index (χ0n) is 10.8. The summed E-state index contributed by atoms with van der Waals surface area (Å²) in [7, 11) is 0. The van der Waals surface area contributed by atoms with Gasteiger partial charge in [0.05, 0.1) is 0 Å². The lowest BCUT2D eigenvalue weighted by molar-refractivity contribution is 0.712. The molecule has 0 atom stereocenters. The molecule has 1 aromatic rings. The van der Waals surface area contributed by atoms with Crippen molar-refractivity contribution in [3.05, 3.63) is 28.3 Å². The highest BCUT2D eigenvalue weighted by Crippen LogP contribution is 2.34. The molecule has 1 fully saturated rings. The Bertz CT molecular complexity index is 391. The lowest BCUT2D eigenvalue weighted by Crippen LogP contribution is -2.31. The van der Waals surface area contributed by atoms with E-state index in [1.54, 1.807) is 0 Å². The van der Waals surface area contributed by atoms with Crippen molar-refractivity contribution in [3.8, 4) is 0 Å². The van der Waals surface area contributed by atoms with Crippen LogP contribution in [-0.2, 0) is 0 Å². The van der Waals surface area contributed by atoms with Crippen LogP contribution >= 0.6 is 0 Å². The topological polar surface area (TPSA) is 38.0 Å². The van der Waals surface area contributed by atoms with Crippen LogP contribution in [0, 0.1) is 27.7 Å². The molecule has 88 valence electrons. The molecule has 1 aliphatic carbocycles. The molecule has 1 saturated carbocycles. The molecule has 0 bridgehead atoms. The van der Waals surface area contributed by atoms with E-state index < -0.39 is 0 Å². The number of hydrogen-bond donors (Lipinski definition) is 2. The van der Waals surface area contributed by atoms with Gasteiger partial charge in [0, 0.05) is 17.8 Å². The number of hydrogen-bond acceptors (Lipinski definition) is 2. The first-order valence-electron chi connectivity index (χ1n) is 6.03. The van der Waals surface area contributed by atoms with Crippen molar-refractivity contribution >= 4 is 5.69 Å². The number of nitrogens with two attached hydrogens (primary N) is 1. The van der Waals surface area contributed by atoms with Crippen molar-refractivity contribution in [2.75, 3.05) is 11.9 Å². The van der Waals surface area contributed by atoms with Crippen LogP contribution in [0.15, 0.2) is 6.07 Å². The quantitative estimate of drug-likeness (QED) is 0.818. The van der Waals surface area contributed by atoms with Crippen molar-refractivity contribution in [3.63, 3.8) is 0 Å². The van der Waals surface area contributed by atoms with Crippen molar-refractivity contribution in [1.29, 1.82) is 0 Å². The largest absolute Gasteiger partial charge is 0.383 e. The van der Waals surface area contributed by atoms with Crippen molar-refractivity contribution in [2.45, 2.75) is 46.1 Å². The smallest absolute Gasteiger partial charge is 0.0405 e. The highest BCUT2D eigenvalue weighted by atomic mass is 15.0. The second kappa shape index (κ2) is 3.77. The van der Waals surface area contributed by atoms with Crippen molar-refractivity contribution in [1.82, 2.24) is 0 Å². The van der Waals surface area contributed by atoms with Gasteiger partial charge in [0.1, 0.15) is 0 Å². The van der Waals surface area contributed by atoms with E-state index in [4.69, 9.17) is 5.73 Å². The standard InChI is InChI=1S/C14H22N2/c1-9-7-10(2)12(4)13(11(9)3)16-8-14(15)5-6-14/h7,16H,5-6,8,15H2,1-4H3. The first-order chi connectivity index (χ1) is 7.43. The van der Waals surface area contributed by atoms with Gasteiger partial charge in [-0.15, -0.1) is 0 Å². The fraction of sp³-hybridized carbons (Fsp3) is 0.571. The first kappa shape index (κ1) is 11.5. The molecule has 0 heterocycles. The second-order valence-electron chi connectivity index (χ2n) is 5.35. The van der Waals surface area contributed by atoms with Gasteiger partial charge >= 0.3 is 0 Å². The third-order valence-corrected chi connectivity index (χ3v) is 3.88. The Hall–Kier alpha value is -1.02. The SMILES string of the molecule is Cc1cc(C)c(C)c(NCC2(N)CC2)c1C. The molecule has 0 unspecified atom stereocenters. The van der Waals surface area contributed by atoms with E-state index in [0.717, 1.165) is 19.4 Å². The Morgan fingerprint density at radius 1 is 1.12 bits per heavy atom.